The number of imidazole rings is 1. The summed E-state index contributed by atoms with van der Waals surface area (Å²) in [4.78, 5) is 16.3. The third-order valence-corrected chi connectivity index (χ3v) is 3.61. The van der Waals surface area contributed by atoms with Gasteiger partial charge in [0.1, 0.15) is 5.65 Å². The highest BCUT2D eigenvalue weighted by atomic mass is 16.1. The van der Waals surface area contributed by atoms with E-state index in [-0.39, 0.29) is 5.91 Å². The molecule has 0 bridgehead atoms. The fourth-order valence-electron chi connectivity index (χ4n) is 2.49. The van der Waals surface area contributed by atoms with E-state index in [9.17, 15) is 4.79 Å². The molecule has 19 heavy (non-hydrogen) atoms. The monoisotopic (exact) mass is 258 g/mol. The normalized spacial score (nSPS) is 19.5. The molecular weight excluding hydrogens is 240 g/mol. The van der Waals surface area contributed by atoms with Crippen LogP contribution in [0, 0.1) is 5.92 Å². The van der Waals surface area contributed by atoms with E-state index in [0.29, 0.717) is 11.5 Å². The molecule has 5 nitrogen and oxygen atoms in total. The number of nitrogens with zero attached hydrogens (tertiary/aromatic N) is 2. The Balaban J connectivity index is 1.62. The molecular formula is C14H18N4O. The first kappa shape index (κ1) is 12.2. The van der Waals surface area contributed by atoms with Crippen LogP contribution in [0.1, 0.15) is 23.2 Å². The molecule has 0 spiro atoms. The van der Waals surface area contributed by atoms with Crippen molar-refractivity contribution in [3.63, 3.8) is 0 Å². The fourth-order valence-corrected chi connectivity index (χ4v) is 2.49. The van der Waals surface area contributed by atoms with Crippen LogP contribution in [-0.2, 0) is 0 Å². The first-order valence-corrected chi connectivity index (χ1v) is 6.74. The minimum atomic E-state index is -0.0175. The molecule has 0 aromatic carbocycles. The van der Waals surface area contributed by atoms with Gasteiger partial charge in [-0.25, -0.2) is 4.98 Å². The van der Waals surface area contributed by atoms with Crippen LogP contribution < -0.4 is 10.6 Å². The van der Waals surface area contributed by atoms with Crippen molar-refractivity contribution in [2.45, 2.75) is 12.8 Å². The van der Waals surface area contributed by atoms with Gasteiger partial charge in [-0.15, -0.1) is 0 Å². The Morgan fingerprint density at radius 3 is 3.32 bits per heavy atom. The third-order valence-electron chi connectivity index (χ3n) is 3.61. The molecule has 2 N–H and O–H groups in total. The van der Waals surface area contributed by atoms with Crippen LogP contribution in [0.2, 0.25) is 0 Å². The Labute approximate surface area is 112 Å². The molecule has 2 aromatic rings. The maximum Gasteiger partial charge on any atom is 0.251 e. The summed E-state index contributed by atoms with van der Waals surface area (Å²) < 4.78 is 1.89. The fraction of sp³-hybridized carbons (Fsp3) is 0.429. The van der Waals surface area contributed by atoms with E-state index >= 15 is 0 Å². The summed E-state index contributed by atoms with van der Waals surface area (Å²) in [5, 5.41) is 6.36. The molecule has 0 radical (unpaired) electrons. The average Bonchev–Trinajstić information content (AvgIpc) is 2.93. The molecule has 100 valence electrons. The lowest BCUT2D eigenvalue weighted by molar-refractivity contribution is 0.0945. The first-order chi connectivity index (χ1) is 9.33. The van der Waals surface area contributed by atoms with Crippen LogP contribution in [0.5, 0.6) is 0 Å². The summed E-state index contributed by atoms with van der Waals surface area (Å²) in [5.41, 5.74) is 1.47. The molecule has 2 aromatic heterocycles. The van der Waals surface area contributed by atoms with E-state index in [2.05, 4.69) is 15.6 Å². The lowest BCUT2D eigenvalue weighted by Crippen LogP contribution is -2.38. The first-order valence-electron chi connectivity index (χ1n) is 6.74. The number of fused-ring (bicyclic) bond motifs is 1. The van der Waals surface area contributed by atoms with Crippen molar-refractivity contribution in [3.8, 4) is 0 Å². The Kier molecular flexibility index (Phi) is 3.46. The minimum absolute atomic E-state index is 0.0175. The molecule has 1 amide bonds. The molecule has 3 rings (SSSR count). The van der Waals surface area contributed by atoms with Crippen molar-refractivity contribution < 1.29 is 4.79 Å². The summed E-state index contributed by atoms with van der Waals surface area (Å²) in [5.74, 6) is 0.531. The number of piperidine rings is 1. The predicted octanol–water partition coefficient (Wildman–Crippen LogP) is 1.06. The van der Waals surface area contributed by atoms with Crippen molar-refractivity contribution in [1.29, 1.82) is 0 Å². The summed E-state index contributed by atoms with van der Waals surface area (Å²) in [6.45, 7) is 2.84. The van der Waals surface area contributed by atoms with Gasteiger partial charge >= 0.3 is 0 Å². The molecule has 1 unspecified atom stereocenters. The van der Waals surface area contributed by atoms with Crippen LogP contribution in [0.4, 0.5) is 0 Å². The summed E-state index contributed by atoms with van der Waals surface area (Å²) in [6.07, 6.45) is 7.84. The summed E-state index contributed by atoms with van der Waals surface area (Å²) in [6, 6.07) is 3.64. The third kappa shape index (κ3) is 2.76. The van der Waals surface area contributed by atoms with Crippen molar-refractivity contribution >= 4 is 11.6 Å². The number of hydrogen-bond acceptors (Lipinski definition) is 3. The predicted molar refractivity (Wildman–Crippen MR) is 73.1 cm³/mol. The lowest BCUT2D eigenvalue weighted by Gasteiger charge is -2.22. The highest BCUT2D eigenvalue weighted by Crippen LogP contribution is 2.09. The summed E-state index contributed by atoms with van der Waals surface area (Å²) in [7, 11) is 0. The number of nitrogens with one attached hydrogen (secondary N) is 2. The van der Waals surface area contributed by atoms with Crippen LogP contribution in [-0.4, -0.2) is 34.9 Å². The second-order valence-electron chi connectivity index (χ2n) is 5.03. The van der Waals surface area contributed by atoms with Crippen LogP contribution in [0.15, 0.2) is 30.7 Å². The molecule has 5 heteroatoms. The quantitative estimate of drug-likeness (QED) is 0.865. The van der Waals surface area contributed by atoms with Crippen LogP contribution in [0.3, 0.4) is 0 Å². The minimum Gasteiger partial charge on any atom is -0.352 e. The zero-order valence-corrected chi connectivity index (χ0v) is 10.8. The van der Waals surface area contributed by atoms with Gasteiger partial charge in [0.05, 0.1) is 0 Å². The Hall–Kier alpha value is -1.88. The van der Waals surface area contributed by atoms with Gasteiger partial charge in [0.15, 0.2) is 0 Å². The topological polar surface area (TPSA) is 58.4 Å². The van der Waals surface area contributed by atoms with E-state index in [1.807, 2.05) is 28.9 Å². The zero-order valence-electron chi connectivity index (χ0n) is 10.8. The number of aromatic nitrogens is 2. The number of amides is 1. The number of hydrogen-bond donors (Lipinski definition) is 2. The molecule has 1 fully saturated rings. The maximum atomic E-state index is 12.1. The van der Waals surface area contributed by atoms with Crippen molar-refractivity contribution in [1.82, 2.24) is 20.0 Å². The second kappa shape index (κ2) is 5.40. The van der Waals surface area contributed by atoms with Crippen LogP contribution in [0.25, 0.3) is 5.65 Å². The van der Waals surface area contributed by atoms with Gasteiger partial charge in [-0.3, -0.25) is 4.79 Å². The van der Waals surface area contributed by atoms with Gasteiger partial charge in [-0.05, 0) is 44.0 Å². The number of carbonyl (C=O) groups is 1. The van der Waals surface area contributed by atoms with Gasteiger partial charge in [0.2, 0.25) is 0 Å². The molecule has 1 saturated heterocycles. The lowest BCUT2D eigenvalue weighted by atomic mass is 10.00. The van der Waals surface area contributed by atoms with E-state index in [1.54, 1.807) is 6.20 Å². The van der Waals surface area contributed by atoms with Crippen LogP contribution >= 0.6 is 0 Å². The van der Waals surface area contributed by atoms with Crippen molar-refractivity contribution in [2.75, 3.05) is 19.6 Å². The molecule has 1 aliphatic heterocycles. The van der Waals surface area contributed by atoms with E-state index < -0.39 is 0 Å². The Bertz CT molecular complexity index is 572. The van der Waals surface area contributed by atoms with E-state index in [0.717, 1.165) is 25.3 Å². The van der Waals surface area contributed by atoms with Gasteiger partial charge in [0.25, 0.3) is 5.91 Å². The van der Waals surface area contributed by atoms with Gasteiger partial charge in [-0.2, -0.15) is 0 Å². The smallest absolute Gasteiger partial charge is 0.251 e. The highest BCUT2D eigenvalue weighted by molar-refractivity contribution is 5.95. The van der Waals surface area contributed by atoms with Crippen molar-refractivity contribution in [3.05, 3.63) is 36.3 Å². The molecule has 0 saturated carbocycles. The molecule has 1 atom stereocenters. The zero-order chi connectivity index (χ0) is 13.1. The average molecular weight is 258 g/mol. The van der Waals surface area contributed by atoms with Gasteiger partial charge in [-0.1, -0.05) is 0 Å². The van der Waals surface area contributed by atoms with Gasteiger partial charge < -0.3 is 15.0 Å². The van der Waals surface area contributed by atoms with E-state index in [1.165, 1.54) is 12.8 Å². The van der Waals surface area contributed by atoms with Crippen molar-refractivity contribution in [2.24, 2.45) is 5.92 Å². The Morgan fingerprint density at radius 2 is 2.47 bits per heavy atom. The second-order valence-corrected chi connectivity index (χ2v) is 5.03. The largest absolute Gasteiger partial charge is 0.352 e. The number of carbonyl (C=O) groups excluding carboxylic acids is 1. The number of pyridine rings is 1. The molecule has 3 heterocycles. The summed E-state index contributed by atoms with van der Waals surface area (Å²) >= 11 is 0. The standard InChI is InChI=1S/C14H18N4O/c19-14(17-10-11-2-1-4-15-9-11)12-3-6-18-7-5-16-13(18)8-12/h3,5-8,11,15H,1-2,4,9-10H2,(H,17,19). The Morgan fingerprint density at radius 1 is 1.53 bits per heavy atom. The number of rotatable bonds is 3. The van der Waals surface area contributed by atoms with E-state index in [4.69, 9.17) is 0 Å². The molecule has 0 aliphatic carbocycles. The molecule has 1 aliphatic rings. The van der Waals surface area contributed by atoms with Gasteiger partial charge in [0, 0.05) is 30.7 Å². The maximum absolute atomic E-state index is 12.1. The SMILES string of the molecule is O=C(NCC1CCCNC1)c1ccn2ccnc2c1. The highest BCUT2D eigenvalue weighted by Gasteiger charge is 2.14.